The fourth-order valence-electron chi connectivity index (χ4n) is 3.63. The van der Waals surface area contributed by atoms with E-state index in [0.29, 0.717) is 10.8 Å². The molecule has 0 saturated heterocycles. The Morgan fingerprint density at radius 3 is 2.81 bits per heavy atom. The predicted octanol–water partition coefficient (Wildman–Crippen LogP) is 4.94. The summed E-state index contributed by atoms with van der Waals surface area (Å²) in [5, 5.41) is 4.05. The Hall–Kier alpha value is -2.14. The molecule has 1 aromatic carbocycles. The number of fused-ring (bicyclic) bond motifs is 1. The number of carbonyl (C=O) groups is 1. The van der Waals surface area contributed by atoms with Gasteiger partial charge in [-0.1, -0.05) is 37.6 Å². The highest BCUT2D eigenvalue weighted by Gasteiger charge is 2.21. The summed E-state index contributed by atoms with van der Waals surface area (Å²) in [5.74, 6) is 0.761. The Bertz CT molecular complexity index is 824. The zero-order chi connectivity index (χ0) is 19.4. The van der Waals surface area contributed by atoms with Crippen molar-refractivity contribution in [2.45, 2.75) is 58.9 Å². The van der Waals surface area contributed by atoms with E-state index in [2.05, 4.69) is 40.4 Å². The lowest BCUT2D eigenvalue weighted by molar-refractivity contribution is -0.116. The molecule has 0 spiro atoms. The van der Waals surface area contributed by atoms with Crippen molar-refractivity contribution in [3.63, 3.8) is 0 Å². The number of amides is 1. The molecule has 1 aliphatic heterocycles. The normalized spacial score (nSPS) is 15.0. The minimum Gasteiger partial charge on any atom is -0.362 e. The van der Waals surface area contributed by atoms with Gasteiger partial charge in [0.05, 0.1) is 11.7 Å². The molecule has 0 fully saturated rings. The van der Waals surface area contributed by atoms with Crippen LogP contribution in [0.1, 0.15) is 62.9 Å². The Morgan fingerprint density at radius 1 is 1.30 bits per heavy atom. The highest BCUT2D eigenvalue weighted by atomic mass is 35.5. The van der Waals surface area contributed by atoms with Crippen molar-refractivity contribution in [2.75, 3.05) is 16.8 Å². The number of hydrogen-bond acceptors (Lipinski definition) is 4. The number of anilines is 2. The summed E-state index contributed by atoms with van der Waals surface area (Å²) >= 11 is 6.46. The molecular weight excluding hydrogens is 360 g/mol. The van der Waals surface area contributed by atoms with Crippen LogP contribution in [0, 0.1) is 0 Å². The van der Waals surface area contributed by atoms with Crippen LogP contribution in [0.2, 0.25) is 5.02 Å². The molecule has 6 heteroatoms. The molecule has 0 saturated carbocycles. The first-order valence-corrected chi connectivity index (χ1v) is 10.1. The molecule has 1 unspecified atom stereocenters. The van der Waals surface area contributed by atoms with Gasteiger partial charge in [0.1, 0.15) is 17.2 Å². The summed E-state index contributed by atoms with van der Waals surface area (Å²) in [4.78, 5) is 22.6. The molecule has 144 valence electrons. The van der Waals surface area contributed by atoms with Crippen molar-refractivity contribution in [1.29, 1.82) is 0 Å². The second-order valence-electron chi connectivity index (χ2n) is 6.96. The number of aryl methyl sites for hydroxylation is 2. The van der Waals surface area contributed by atoms with Crippen LogP contribution >= 0.6 is 11.6 Å². The van der Waals surface area contributed by atoms with E-state index in [0.717, 1.165) is 55.6 Å². The maximum atomic E-state index is 12.1. The fraction of sp³-hybridized carbons (Fsp3) is 0.476. The summed E-state index contributed by atoms with van der Waals surface area (Å²) in [7, 11) is 0. The van der Waals surface area contributed by atoms with Gasteiger partial charge in [-0.3, -0.25) is 4.79 Å². The molecule has 2 aromatic rings. The molecule has 2 heterocycles. The fourth-order valence-corrected chi connectivity index (χ4v) is 3.92. The molecule has 1 atom stereocenters. The molecule has 1 aliphatic rings. The molecule has 0 bridgehead atoms. The second kappa shape index (κ2) is 8.70. The average molecular weight is 387 g/mol. The van der Waals surface area contributed by atoms with Gasteiger partial charge in [0.2, 0.25) is 5.91 Å². The van der Waals surface area contributed by atoms with Gasteiger partial charge in [-0.15, -0.1) is 0 Å². The van der Waals surface area contributed by atoms with Gasteiger partial charge in [-0.05, 0) is 49.3 Å². The third-order valence-electron chi connectivity index (χ3n) is 5.18. The Morgan fingerprint density at radius 2 is 2.11 bits per heavy atom. The van der Waals surface area contributed by atoms with Gasteiger partial charge in [0, 0.05) is 19.2 Å². The number of hydrogen-bond donors (Lipinski definition) is 1. The first-order chi connectivity index (χ1) is 13.0. The van der Waals surface area contributed by atoms with Crippen LogP contribution in [-0.4, -0.2) is 22.4 Å². The third kappa shape index (κ3) is 4.24. The average Bonchev–Trinajstić information content (AvgIpc) is 2.89. The minimum atomic E-state index is 0.0597. The predicted molar refractivity (Wildman–Crippen MR) is 110 cm³/mol. The van der Waals surface area contributed by atoms with Crippen molar-refractivity contribution < 1.29 is 4.79 Å². The van der Waals surface area contributed by atoms with Crippen LogP contribution in [0.4, 0.5) is 11.5 Å². The van der Waals surface area contributed by atoms with E-state index in [9.17, 15) is 4.79 Å². The summed E-state index contributed by atoms with van der Waals surface area (Å²) in [5.41, 5.74) is 4.27. The smallest absolute Gasteiger partial charge is 0.223 e. The van der Waals surface area contributed by atoms with Crippen LogP contribution in [0.5, 0.6) is 0 Å². The lowest BCUT2D eigenvalue weighted by atomic mass is 9.99. The minimum absolute atomic E-state index is 0.0597. The van der Waals surface area contributed by atoms with E-state index >= 15 is 0 Å². The van der Waals surface area contributed by atoms with Gasteiger partial charge in [0.25, 0.3) is 0 Å². The van der Waals surface area contributed by atoms with Crippen molar-refractivity contribution in [2.24, 2.45) is 0 Å². The highest BCUT2D eigenvalue weighted by Crippen LogP contribution is 2.33. The van der Waals surface area contributed by atoms with E-state index in [1.807, 2.05) is 11.8 Å². The number of aromatic nitrogens is 2. The molecule has 0 aliphatic carbocycles. The van der Waals surface area contributed by atoms with Gasteiger partial charge < -0.3 is 10.2 Å². The number of carbonyl (C=O) groups excluding carboxylic acids is 1. The van der Waals surface area contributed by atoms with Crippen LogP contribution < -0.4 is 10.2 Å². The molecule has 0 radical (unpaired) electrons. The summed E-state index contributed by atoms with van der Waals surface area (Å²) in [6.45, 7) is 6.58. The molecule has 1 amide bonds. The number of nitrogens with zero attached hydrogens (tertiary/aromatic N) is 3. The SMILES string of the molecule is CCc1ncnc(NC(CC)c2ccc3c(c2)N(C(C)=O)CCCC3)c1Cl. The number of nitrogens with one attached hydrogen (secondary N) is 1. The first kappa shape index (κ1) is 19.6. The van der Waals surface area contributed by atoms with Gasteiger partial charge >= 0.3 is 0 Å². The van der Waals surface area contributed by atoms with Crippen LogP contribution in [0.25, 0.3) is 0 Å². The Labute approximate surface area is 166 Å². The van der Waals surface area contributed by atoms with Crippen molar-refractivity contribution in [3.05, 3.63) is 46.4 Å². The van der Waals surface area contributed by atoms with Crippen LogP contribution in [-0.2, 0) is 17.6 Å². The van der Waals surface area contributed by atoms with E-state index in [1.54, 1.807) is 13.3 Å². The standard InChI is InChI=1S/C21H27ClN4O/c1-4-17(25-21-20(22)18(5-2)23-13-24-21)16-10-9-15-8-6-7-11-26(14(3)27)19(15)12-16/h9-10,12-13,17H,4-8,11H2,1-3H3,(H,23,24,25). The summed E-state index contributed by atoms with van der Waals surface area (Å²) < 4.78 is 0. The first-order valence-electron chi connectivity index (χ1n) is 9.72. The Balaban J connectivity index is 1.93. The van der Waals surface area contributed by atoms with Crippen molar-refractivity contribution >= 4 is 29.0 Å². The maximum absolute atomic E-state index is 12.1. The Kier molecular flexibility index (Phi) is 6.32. The molecule has 1 N–H and O–H groups in total. The van der Waals surface area contributed by atoms with Gasteiger partial charge in [-0.2, -0.15) is 0 Å². The largest absolute Gasteiger partial charge is 0.362 e. The van der Waals surface area contributed by atoms with E-state index < -0.39 is 0 Å². The van der Waals surface area contributed by atoms with Crippen molar-refractivity contribution in [3.8, 4) is 0 Å². The highest BCUT2D eigenvalue weighted by molar-refractivity contribution is 6.33. The topological polar surface area (TPSA) is 58.1 Å². The van der Waals surface area contributed by atoms with E-state index in [-0.39, 0.29) is 11.9 Å². The monoisotopic (exact) mass is 386 g/mol. The van der Waals surface area contributed by atoms with E-state index in [4.69, 9.17) is 11.6 Å². The van der Waals surface area contributed by atoms with Crippen molar-refractivity contribution in [1.82, 2.24) is 9.97 Å². The van der Waals surface area contributed by atoms with Gasteiger partial charge in [0.15, 0.2) is 0 Å². The maximum Gasteiger partial charge on any atom is 0.223 e. The lowest BCUT2D eigenvalue weighted by Gasteiger charge is -2.25. The lowest BCUT2D eigenvalue weighted by Crippen LogP contribution is -2.29. The molecular formula is C21H27ClN4O. The molecule has 3 rings (SSSR count). The number of benzene rings is 1. The zero-order valence-electron chi connectivity index (χ0n) is 16.3. The van der Waals surface area contributed by atoms with Crippen LogP contribution in [0.3, 0.4) is 0 Å². The molecule has 5 nitrogen and oxygen atoms in total. The number of rotatable bonds is 5. The molecule has 27 heavy (non-hydrogen) atoms. The van der Waals surface area contributed by atoms with Gasteiger partial charge in [-0.25, -0.2) is 9.97 Å². The zero-order valence-corrected chi connectivity index (χ0v) is 17.0. The number of halogens is 1. The summed E-state index contributed by atoms with van der Waals surface area (Å²) in [6, 6.07) is 6.53. The molecule has 1 aromatic heterocycles. The van der Waals surface area contributed by atoms with Crippen LogP contribution in [0.15, 0.2) is 24.5 Å². The second-order valence-corrected chi connectivity index (χ2v) is 7.34. The third-order valence-corrected chi connectivity index (χ3v) is 5.57. The van der Waals surface area contributed by atoms with E-state index in [1.165, 1.54) is 5.56 Å². The summed E-state index contributed by atoms with van der Waals surface area (Å²) in [6.07, 6.45) is 6.35. The quantitative estimate of drug-likeness (QED) is 0.790.